The Labute approximate surface area is 179 Å². The first-order valence-corrected chi connectivity index (χ1v) is 10.8. The Morgan fingerprint density at radius 3 is 2.65 bits per heavy atom. The monoisotopic (exact) mass is 431 g/mol. The van der Waals surface area contributed by atoms with Crippen LogP contribution in [0.25, 0.3) is 0 Å². The maximum absolute atomic E-state index is 14.9. The van der Waals surface area contributed by atoms with E-state index in [0.717, 1.165) is 12.8 Å². The molecule has 0 aromatic heterocycles. The van der Waals surface area contributed by atoms with Gasteiger partial charge in [-0.05, 0) is 48.3 Å². The van der Waals surface area contributed by atoms with Crippen LogP contribution in [0.5, 0.6) is 0 Å². The molecular formula is C22H26FN3O5. The van der Waals surface area contributed by atoms with Crippen molar-refractivity contribution in [2.24, 2.45) is 11.8 Å². The van der Waals surface area contributed by atoms with Crippen molar-refractivity contribution in [3.05, 3.63) is 29.6 Å². The number of carbonyl (C=O) groups is 3. The lowest BCUT2D eigenvalue weighted by molar-refractivity contribution is -0.140. The van der Waals surface area contributed by atoms with Crippen molar-refractivity contribution in [2.75, 3.05) is 37.7 Å². The summed E-state index contributed by atoms with van der Waals surface area (Å²) >= 11 is 0. The van der Waals surface area contributed by atoms with Gasteiger partial charge in [0.15, 0.2) is 0 Å². The zero-order valence-electron chi connectivity index (χ0n) is 17.4. The van der Waals surface area contributed by atoms with E-state index in [1.807, 2.05) is 4.90 Å². The van der Waals surface area contributed by atoms with Crippen molar-refractivity contribution in [3.8, 4) is 0 Å². The van der Waals surface area contributed by atoms with Crippen LogP contribution in [0.3, 0.4) is 0 Å². The lowest BCUT2D eigenvalue weighted by Gasteiger charge is -2.23. The number of hydrogen-bond donors (Lipinski definition) is 1. The molecule has 31 heavy (non-hydrogen) atoms. The quantitative estimate of drug-likeness (QED) is 0.766. The van der Waals surface area contributed by atoms with E-state index in [1.54, 1.807) is 12.1 Å². The first kappa shape index (κ1) is 20.2. The van der Waals surface area contributed by atoms with Crippen molar-refractivity contribution in [3.63, 3.8) is 0 Å². The Bertz CT molecular complexity index is 906. The Kier molecular flexibility index (Phi) is 5.08. The normalized spacial score (nSPS) is 31.5. The van der Waals surface area contributed by atoms with Gasteiger partial charge in [-0.15, -0.1) is 0 Å². The van der Waals surface area contributed by atoms with E-state index < -0.39 is 12.2 Å². The molecule has 0 spiro atoms. The van der Waals surface area contributed by atoms with Crippen LogP contribution in [-0.2, 0) is 19.1 Å². The fourth-order valence-corrected chi connectivity index (χ4v) is 5.19. The van der Waals surface area contributed by atoms with Crippen LogP contribution in [0, 0.1) is 17.7 Å². The number of fused-ring (bicyclic) bond motifs is 1. The molecule has 5 atom stereocenters. The van der Waals surface area contributed by atoms with Gasteiger partial charge in [0, 0.05) is 26.6 Å². The fourth-order valence-electron chi connectivity index (χ4n) is 5.19. The number of ether oxygens (including phenoxy) is 2. The number of nitrogens with one attached hydrogen (secondary N) is 1. The lowest BCUT2D eigenvalue weighted by atomic mass is 10.0. The number of piperidine rings is 1. The summed E-state index contributed by atoms with van der Waals surface area (Å²) in [7, 11) is 0. The number of amides is 3. The maximum atomic E-state index is 14.9. The third-order valence-corrected chi connectivity index (χ3v) is 6.82. The highest BCUT2D eigenvalue weighted by molar-refractivity contribution is 5.90. The van der Waals surface area contributed by atoms with Gasteiger partial charge in [0.1, 0.15) is 18.0 Å². The summed E-state index contributed by atoms with van der Waals surface area (Å²) in [5.74, 6) is 0.207. The summed E-state index contributed by atoms with van der Waals surface area (Å²) in [6.45, 7) is 3.83. The van der Waals surface area contributed by atoms with Gasteiger partial charge in [0.25, 0.3) is 5.91 Å². The highest BCUT2D eigenvalue weighted by Gasteiger charge is 2.58. The number of likely N-dealkylation sites (tertiary alicyclic amines) is 1. The third kappa shape index (κ3) is 3.75. The Morgan fingerprint density at radius 1 is 1.23 bits per heavy atom. The second-order valence-electron chi connectivity index (χ2n) is 8.86. The molecule has 4 aliphatic rings. The van der Waals surface area contributed by atoms with Crippen LogP contribution >= 0.6 is 0 Å². The van der Waals surface area contributed by atoms with Crippen LogP contribution in [0.15, 0.2) is 18.2 Å². The van der Waals surface area contributed by atoms with Gasteiger partial charge in [-0.25, -0.2) is 9.18 Å². The highest BCUT2D eigenvalue weighted by Crippen LogP contribution is 2.59. The molecule has 8 nitrogen and oxygen atoms in total. The van der Waals surface area contributed by atoms with Crippen molar-refractivity contribution in [2.45, 2.75) is 37.9 Å². The molecule has 5 rings (SSSR count). The molecule has 3 aliphatic heterocycles. The molecule has 4 fully saturated rings. The summed E-state index contributed by atoms with van der Waals surface area (Å²) in [6.07, 6.45) is 0.398. The van der Waals surface area contributed by atoms with Crippen LogP contribution in [0.2, 0.25) is 0 Å². The molecule has 1 unspecified atom stereocenters. The third-order valence-electron chi connectivity index (χ3n) is 6.82. The van der Waals surface area contributed by atoms with Gasteiger partial charge in [-0.3, -0.25) is 14.5 Å². The minimum atomic E-state index is -0.547. The van der Waals surface area contributed by atoms with Gasteiger partial charge >= 0.3 is 6.09 Å². The number of cyclic esters (lactones) is 1. The summed E-state index contributed by atoms with van der Waals surface area (Å²) < 4.78 is 25.7. The number of carbonyl (C=O) groups excluding carboxylic acids is 3. The Hall–Kier alpha value is -2.68. The average molecular weight is 431 g/mol. The number of halogens is 1. The fraction of sp³-hybridized carbons (Fsp3) is 0.591. The molecule has 1 aromatic rings. The molecule has 166 valence electrons. The number of anilines is 1. The van der Waals surface area contributed by atoms with Crippen LogP contribution in [-0.4, -0.2) is 67.8 Å². The molecule has 9 heteroatoms. The minimum absolute atomic E-state index is 0.0700. The molecule has 1 aromatic carbocycles. The number of benzene rings is 1. The van der Waals surface area contributed by atoms with E-state index >= 15 is 0 Å². The molecule has 1 saturated carbocycles. The summed E-state index contributed by atoms with van der Waals surface area (Å²) in [4.78, 5) is 39.0. The molecule has 0 radical (unpaired) electrons. The lowest BCUT2D eigenvalue weighted by Crippen LogP contribution is -2.39. The Balaban J connectivity index is 1.20. The molecule has 3 saturated heterocycles. The van der Waals surface area contributed by atoms with E-state index in [1.165, 1.54) is 17.9 Å². The van der Waals surface area contributed by atoms with E-state index in [2.05, 4.69) is 5.32 Å². The van der Waals surface area contributed by atoms with E-state index in [-0.39, 0.29) is 54.6 Å². The summed E-state index contributed by atoms with van der Waals surface area (Å²) in [6, 6.07) is 4.86. The number of nitrogens with zero attached hydrogens (tertiary/aromatic N) is 2. The minimum Gasteiger partial charge on any atom is -0.442 e. The van der Waals surface area contributed by atoms with Crippen molar-refractivity contribution < 1.29 is 28.2 Å². The van der Waals surface area contributed by atoms with E-state index in [4.69, 9.17) is 9.47 Å². The Morgan fingerprint density at radius 2 is 2.00 bits per heavy atom. The van der Waals surface area contributed by atoms with Crippen molar-refractivity contribution in [1.82, 2.24) is 10.2 Å². The van der Waals surface area contributed by atoms with Gasteiger partial charge in [-0.2, -0.15) is 0 Å². The zero-order valence-corrected chi connectivity index (χ0v) is 17.4. The molecule has 1 N–H and O–H groups in total. The molecule has 1 aliphatic carbocycles. The molecule has 3 heterocycles. The first-order valence-electron chi connectivity index (χ1n) is 10.8. The van der Waals surface area contributed by atoms with Crippen LogP contribution in [0.1, 0.15) is 31.2 Å². The summed E-state index contributed by atoms with van der Waals surface area (Å²) in [5.41, 5.74) is 1.09. The second kappa shape index (κ2) is 7.78. The van der Waals surface area contributed by atoms with E-state index in [0.29, 0.717) is 30.9 Å². The van der Waals surface area contributed by atoms with Crippen LogP contribution < -0.4 is 10.2 Å². The number of hydrogen-bond acceptors (Lipinski definition) is 5. The largest absolute Gasteiger partial charge is 0.442 e. The second-order valence-corrected chi connectivity index (χ2v) is 8.86. The average Bonchev–Trinajstić information content (AvgIpc) is 3.21. The number of rotatable bonds is 5. The molecular weight excluding hydrogens is 405 g/mol. The van der Waals surface area contributed by atoms with Crippen LogP contribution in [0.4, 0.5) is 14.9 Å². The van der Waals surface area contributed by atoms with E-state index in [9.17, 15) is 18.8 Å². The van der Waals surface area contributed by atoms with Gasteiger partial charge < -0.3 is 19.7 Å². The van der Waals surface area contributed by atoms with Gasteiger partial charge in [0.2, 0.25) is 5.91 Å². The van der Waals surface area contributed by atoms with Crippen molar-refractivity contribution >= 4 is 23.6 Å². The maximum Gasteiger partial charge on any atom is 0.414 e. The highest BCUT2D eigenvalue weighted by atomic mass is 19.1. The van der Waals surface area contributed by atoms with Gasteiger partial charge in [0.05, 0.1) is 18.8 Å². The first-order chi connectivity index (χ1) is 14.9. The molecule has 0 bridgehead atoms. The SMILES string of the molecule is CC(=O)NC[C@H]1CN(c2ccc(C3[C@H]4CN(C(=O)[C@@H]5CCCO5)C[C@@H]34)c(F)c2)C(=O)O1. The standard InChI is InChI=1S/C22H26FN3O5/c1-12(27)24-8-14-9-26(22(29)31-14)13-4-5-15(18(23)7-13)20-16-10-25(11-17(16)20)21(28)19-3-2-6-30-19/h4-5,7,14,16-17,19-20H,2-3,6,8-11H2,1H3,(H,24,27)/t14-,16-,17+,19-,20?/m0/s1. The summed E-state index contributed by atoms with van der Waals surface area (Å²) in [5, 5.41) is 2.62. The molecule has 3 amide bonds. The zero-order chi connectivity index (χ0) is 21.7. The van der Waals surface area contributed by atoms with Crippen molar-refractivity contribution in [1.29, 1.82) is 0 Å². The predicted octanol–water partition coefficient (Wildman–Crippen LogP) is 1.64. The van der Waals surface area contributed by atoms with Gasteiger partial charge in [-0.1, -0.05) is 6.07 Å². The predicted molar refractivity (Wildman–Crippen MR) is 108 cm³/mol. The topological polar surface area (TPSA) is 88.2 Å². The smallest absolute Gasteiger partial charge is 0.414 e.